The lowest BCUT2D eigenvalue weighted by Crippen LogP contribution is -2.40. The summed E-state index contributed by atoms with van der Waals surface area (Å²) in [6, 6.07) is 2.80. The largest absolute Gasteiger partial charge is 0.398 e. The molecule has 0 aromatic carbocycles. The number of rotatable bonds is 21. The van der Waals surface area contributed by atoms with Crippen LogP contribution in [0.4, 0.5) is 0 Å². The van der Waals surface area contributed by atoms with Gasteiger partial charge in [-0.05, 0) is 96.4 Å². The van der Waals surface area contributed by atoms with Crippen LogP contribution < -0.4 is 5.32 Å². The van der Waals surface area contributed by atoms with Gasteiger partial charge in [-0.25, -0.2) is 0 Å². The summed E-state index contributed by atoms with van der Waals surface area (Å²) in [5, 5.41) is 3.71. The minimum Gasteiger partial charge on any atom is -0.398 e. The van der Waals surface area contributed by atoms with Crippen LogP contribution in [0.15, 0.2) is 0 Å². The monoisotopic (exact) mass is 431 g/mol. The van der Waals surface area contributed by atoms with Crippen molar-refractivity contribution in [3.05, 3.63) is 0 Å². The van der Waals surface area contributed by atoms with E-state index in [2.05, 4.69) is 49.7 Å². The highest BCUT2D eigenvalue weighted by Gasteiger charge is 2.32. The van der Waals surface area contributed by atoms with Gasteiger partial charge >= 0.3 is 8.56 Å². The van der Waals surface area contributed by atoms with E-state index in [-0.39, 0.29) is 0 Å². The van der Waals surface area contributed by atoms with Crippen LogP contribution in [0.3, 0.4) is 0 Å². The SMILES string of the molecule is CCCN(CC)CCCN(CCCNC(CC)CC)CCC[Si](CC)(OC)OC. The average molecular weight is 432 g/mol. The van der Waals surface area contributed by atoms with E-state index in [1.807, 2.05) is 14.2 Å². The van der Waals surface area contributed by atoms with E-state index >= 15 is 0 Å². The van der Waals surface area contributed by atoms with Crippen LogP contribution in [0.5, 0.6) is 0 Å². The Morgan fingerprint density at radius 1 is 0.759 bits per heavy atom. The van der Waals surface area contributed by atoms with Gasteiger partial charge in [0.2, 0.25) is 0 Å². The zero-order valence-corrected chi connectivity index (χ0v) is 21.9. The van der Waals surface area contributed by atoms with Gasteiger partial charge in [0.1, 0.15) is 0 Å². The molecule has 5 nitrogen and oxygen atoms in total. The molecule has 0 aliphatic carbocycles. The van der Waals surface area contributed by atoms with Crippen molar-refractivity contribution < 1.29 is 8.85 Å². The van der Waals surface area contributed by atoms with Crippen LogP contribution in [0.1, 0.15) is 73.1 Å². The minimum absolute atomic E-state index is 0.676. The molecular formula is C23H53N3O2Si. The van der Waals surface area contributed by atoms with Gasteiger partial charge in [0.25, 0.3) is 0 Å². The molecule has 0 amide bonds. The number of hydrogen-bond donors (Lipinski definition) is 1. The van der Waals surface area contributed by atoms with Crippen molar-refractivity contribution in [1.29, 1.82) is 0 Å². The van der Waals surface area contributed by atoms with Gasteiger partial charge in [-0.2, -0.15) is 0 Å². The van der Waals surface area contributed by atoms with Crippen molar-refractivity contribution in [1.82, 2.24) is 15.1 Å². The molecule has 0 aromatic rings. The summed E-state index contributed by atoms with van der Waals surface area (Å²) in [5.41, 5.74) is 0. The topological polar surface area (TPSA) is 37.0 Å². The van der Waals surface area contributed by atoms with Gasteiger partial charge in [0.15, 0.2) is 0 Å². The predicted molar refractivity (Wildman–Crippen MR) is 130 cm³/mol. The molecule has 0 aromatic heterocycles. The van der Waals surface area contributed by atoms with Crippen LogP contribution in [0.2, 0.25) is 12.1 Å². The normalized spacial score (nSPS) is 12.6. The standard InChI is InChI=1S/C23H53N3O2Si/c1-8-17-25(11-4)19-14-20-26(18-13-16-24-23(9-2)10-3)21-15-22-29(12-5,27-6)28-7/h23-24H,8-22H2,1-7H3. The smallest absolute Gasteiger partial charge is 0.337 e. The first-order valence-electron chi connectivity index (χ1n) is 12.3. The van der Waals surface area contributed by atoms with E-state index in [1.54, 1.807) is 0 Å². The van der Waals surface area contributed by atoms with Crippen molar-refractivity contribution in [2.45, 2.75) is 91.3 Å². The molecule has 0 spiro atoms. The second kappa shape index (κ2) is 18.8. The van der Waals surface area contributed by atoms with E-state index in [4.69, 9.17) is 8.85 Å². The molecule has 0 aliphatic heterocycles. The third-order valence-corrected chi connectivity index (χ3v) is 10.0. The Bertz CT molecular complexity index is 345. The van der Waals surface area contributed by atoms with Crippen LogP contribution >= 0.6 is 0 Å². The summed E-state index contributed by atoms with van der Waals surface area (Å²) >= 11 is 0. The Morgan fingerprint density at radius 2 is 1.34 bits per heavy atom. The van der Waals surface area contributed by atoms with Gasteiger partial charge in [-0.1, -0.05) is 34.6 Å². The zero-order chi connectivity index (χ0) is 22.0. The lowest BCUT2D eigenvalue weighted by atomic mass is 10.1. The number of nitrogens with one attached hydrogen (secondary N) is 1. The molecule has 0 atom stereocenters. The first-order valence-corrected chi connectivity index (χ1v) is 14.6. The maximum Gasteiger partial charge on any atom is 0.337 e. The highest BCUT2D eigenvalue weighted by Crippen LogP contribution is 2.19. The van der Waals surface area contributed by atoms with E-state index in [1.165, 1.54) is 71.2 Å². The lowest BCUT2D eigenvalue weighted by Gasteiger charge is -2.29. The fraction of sp³-hybridized carbons (Fsp3) is 1.00. The fourth-order valence-corrected chi connectivity index (χ4v) is 6.31. The summed E-state index contributed by atoms with van der Waals surface area (Å²) in [6.45, 7) is 19.6. The summed E-state index contributed by atoms with van der Waals surface area (Å²) < 4.78 is 11.6. The molecule has 0 rings (SSSR count). The Hall–Kier alpha value is 0.0169. The summed E-state index contributed by atoms with van der Waals surface area (Å²) in [5.74, 6) is 0. The maximum absolute atomic E-state index is 5.80. The third kappa shape index (κ3) is 13.1. The molecule has 0 fully saturated rings. The molecule has 0 radical (unpaired) electrons. The summed E-state index contributed by atoms with van der Waals surface area (Å²) in [6.07, 6.45) is 7.36. The van der Waals surface area contributed by atoms with Gasteiger partial charge < -0.3 is 24.0 Å². The molecule has 0 unspecified atom stereocenters. The molecule has 6 heteroatoms. The second-order valence-electron chi connectivity index (χ2n) is 8.23. The molecule has 29 heavy (non-hydrogen) atoms. The lowest BCUT2D eigenvalue weighted by molar-refractivity contribution is 0.218. The quantitative estimate of drug-likeness (QED) is 0.210. The number of nitrogens with zero attached hydrogens (tertiary/aromatic N) is 2. The molecule has 1 N–H and O–H groups in total. The van der Waals surface area contributed by atoms with E-state index in [0.717, 1.165) is 25.2 Å². The van der Waals surface area contributed by atoms with Crippen molar-refractivity contribution in [2.24, 2.45) is 0 Å². The van der Waals surface area contributed by atoms with E-state index < -0.39 is 8.56 Å². The van der Waals surface area contributed by atoms with Gasteiger partial charge in [-0.3, -0.25) is 0 Å². The predicted octanol–water partition coefficient (Wildman–Crippen LogP) is 4.72. The van der Waals surface area contributed by atoms with Crippen LogP contribution in [-0.2, 0) is 8.85 Å². The average Bonchev–Trinajstić information content (AvgIpc) is 2.76. The van der Waals surface area contributed by atoms with Crippen molar-refractivity contribution in [3.63, 3.8) is 0 Å². The van der Waals surface area contributed by atoms with Crippen molar-refractivity contribution >= 4 is 8.56 Å². The molecular weight excluding hydrogens is 378 g/mol. The number of hydrogen-bond acceptors (Lipinski definition) is 5. The Morgan fingerprint density at radius 3 is 1.86 bits per heavy atom. The Kier molecular flexibility index (Phi) is 18.8. The molecule has 0 heterocycles. The van der Waals surface area contributed by atoms with Gasteiger partial charge in [-0.15, -0.1) is 0 Å². The second-order valence-corrected chi connectivity index (χ2v) is 12.1. The molecule has 0 aliphatic rings. The third-order valence-electron chi connectivity index (χ3n) is 6.32. The molecule has 0 bridgehead atoms. The van der Waals surface area contributed by atoms with Crippen molar-refractivity contribution in [2.75, 3.05) is 60.0 Å². The molecule has 0 saturated heterocycles. The Balaban J connectivity index is 4.49. The summed E-state index contributed by atoms with van der Waals surface area (Å²) in [4.78, 5) is 5.26. The van der Waals surface area contributed by atoms with Gasteiger partial charge in [0, 0.05) is 20.3 Å². The van der Waals surface area contributed by atoms with E-state index in [9.17, 15) is 0 Å². The molecule has 0 saturated carbocycles. The molecule has 176 valence electrons. The zero-order valence-electron chi connectivity index (χ0n) is 20.9. The Labute approximate surface area is 184 Å². The van der Waals surface area contributed by atoms with E-state index in [0.29, 0.717) is 6.04 Å². The fourth-order valence-electron chi connectivity index (χ4n) is 4.11. The first-order chi connectivity index (χ1) is 14.0. The van der Waals surface area contributed by atoms with Crippen LogP contribution in [0.25, 0.3) is 0 Å². The van der Waals surface area contributed by atoms with Gasteiger partial charge in [0.05, 0.1) is 0 Å². The highest BCUT2D eigenvalue weighted by atomic mass is 28.4. The van der Waals surface area contributed by atoms with Crippen molar-refractivity contribution in [3.8, 4) is 0 Å². The van der Waals surface area contributed by atoms with Crippen LogP contribution in [0, 0.1) is 0 Å². The van der Waals surface area contributed by atoms with Crippen LogP contribution in [-0.4, -0.2) is 84.4 Å². The maximum atomic E-state index is 5.80. The minimum atomic E-state index is -1.96. The first kappa shape index (κ1) is 29.0. The highest BCUT2D eigenvalue weighted by molar-refractivity contribution is 6.67. The summed E-state index contributed by atoms with van der Waals surface area (Å²) in [7, 11) is 1.69.